The molecule has 2 aromatic rings. The standard InChI is InChI=1S/C15H13Br2FO/c1-8-3-9(2)14(13(18)4-8)15(19)10-5-11(16)7-12(17)6-10/h3-7,15,19H,1-2H3. The summed E-state index contributed by atoms with van der Waals surface area (Å²) in [6.07, 6.45) is -0.977. The fraction of sp³-hybridized carbons (Fsp3) is 0.200. The number of hydrogen-bond donors (Lipinski definition) is 1. The summed E-state index contributed by atoms with van der Waals surface area (Å²) in [7, 11) is 0. The molecular weight excluding hydrogens is 375 g/mol. The van der Waals surface area contributed by atoms with E-state index in [4.69, 9.17) is 0 Å². The molecule has 0 aromatic heterocycles. The number of aryl methyl sites for hydroxylation is 2. The smallest absolute Gasteiger partial charge is 0.129 e. The van der Waals surface area contributed by atoms with E-state index in [-0.39, 0.29) is 5.82 Å². The summed E-state index contributed by atoms with van der Waals surface area (Å²) in [6.45, 7) is 3.64. The van der Waals surface area contributed by atoms with Gasteiger partial charge in [0.2, 0.25) is 0 Å². The van der Waals surface area contributed by atoms with Crippen LogP contribution in [-0.2, 0) is 0 Å². The highest BCUT2D eigenvalue weighted by Crippen LogP contribution is 2.31. The fourth-order valence-electron chi connectivity index (χ4n) is 2.17. The number of benzene rings is 2. The average Bonchev–Trinajstić information content (AvgIpc) is 2.25. The normalized spacial score (nSPS) is 12.5. The van der Waals surface area contributed by atoms with Crippen LogP contribution in [0.4, 0.5) is 4.39 Å². The molecule has 0 heterocycles. The summed E-state index contributed by atoms with van der Waals surface area (Å²) in [5.41, 5.74) is 2.57. The maximum Gasteiger partial charge on any atom is 0.129 e. The predicted molar refractivity (Wildman–Crippen MR) is 81.8 cm³/mol. The Labute approximate surface area is 128 Å². The van der Waals surface area contributed by atoms with Crippen LogP contribution >= 0.6 is 31.9 Å². The fourth-order valence-corrected chi connectivity index (χ4v) is 3.50. The van der Waals surface area contributed by atoms with Gasteiger partial charge in [-0.3, -0.25) is 0 Å². The molecule has 0 spiro atoms. The summed E-state index contributed by atoms with van der Waals surface area (Å²) >= 11 is 6.74. The van der Waals surface area contributed by atoms with Crippen molar-refractivity contribution < 1.29 is 9.50 Å². The highest BCUT2D eigenvalue weighted by molar-refractivity contribution is 9.11. The number of halogens is 3. The first-order chi connectivity index (χ1) is 8.88. The minimum atomic E-state index is -0.977. The lowest BCUT2D eigenvalue weighted by Gasteiger charge is -2.16. The molecule has 2 aromatic carbocycles. The summed E-state index contributed by atoms with van der Waals surface area (Å²) in [6, 6.07) is 8.75. The van der Waals surface area contributed by atoms with Crippen LogP contribution in [0.2, 0.25) is 0 Å². The second-order valence-corrected chi connectivity index (χ2v) is 6.41. The Hall–Kier alpha value is -0.710. The maximum absolute atomic E-state index is 14.1. The molecule has 1 N–H and O–H groups in total. The van der Waals surface area contributed by atoms with Crippen molar-refractivity contribution >= 4 is 31.9 Å². The van der Waals surface area contributed by atoms with Crippen LogP contribution in [0.15, 0.2) is 39.3 Å². The van der Waals surface area contributed by atoms with Gasteiger partial charge in [-0.05, 0) is 54.8 Å². The van der Waals surface area contributed by atoms with E-state index in [1.165, 1.54) is 6.07 Å². The van der Waals surface area contributed by atoms with Crippen LogP contribution in [0.3, 0.4) is 0 Å². The van der Waals surface area contributed by atoms with Crippen LogP contribution in [0.1, 0.15) is 28.4 Å². The molecule has 1 unspecified atom stereocenters. The van der Waals surface area contributed by atoms with Gasteiger partial charge in [0, 0.05) is 14.5 Å². The second kappa shape index (κ2) is 5.73. The maximum atomic E-state index is 14.1. The monoisotopic (exact) mass is 386 g/mol. The zero-order chi connectivity index (χ0) is 14.2. The van der Waals surface area contributed by atoms with Crippen LogP contribution in [0, 0.1) is 19.7 Å². The SMILES string of the molecule is Cc1cc(C)c(C(O)c2cc(Br)cc(Br)c2)c(F)c1. The van der Waals surface area contributed by atoms with E-state index in [1.54, 1.807) is 12.1 Å². The quantitative estimate of drug-likeness (QED) is 0.764. The molecule has 0 aliphatic heterocycles. The molecule has 0 aliphatic rings. The van der Waals surface area contributed by atoms with Gasteiger partial charge in [-0.2, -0.15) is 0 Å². The molecule has 0 saturated carbocycles. The zero-order valence-corrected chi connectivity index (χ0v) is 13.7. The molecule has 0 bridgehead atoms. The summed E-state index contributed by atoms with van der Waals surface area (Å²) in [5.74, 6) is -0.374. The van der Waals surface area contributed by atoms with Crippen molar-refractivity contribution in [2.45, 2.75) is 20.0 Å². The van der Waals surface area contributed by atoms with Gasteiger partial charge in [0.1, 0.15) is 11.9 Å². The molecule has 19 heavy (non-hydrogen) atoms. The van der Waals surface area contributed by atoms with Crippen molar-refractivity contribution in [2.24, 2.45) is 0 Å². The van der Waals surface area contributed by atoms with Gasteiger partial charge in [-0.25, -0.2) is 4.39 Å². The minimum Gasteiger partial charge on any atom is -0.384 e. The van der Waals surface area contributed by atoms with E-state index < -0.39 is 6.10 Å². The molecule has 0 aliphatic carbocycles. The first-order valence-electron chi connectivity index (χ1n) is 5.79. The van der Waals surface area contributed by atoms with Crippen molar-refractivity contribution in [3.8, 4) is 0 Å². The van der Waals surface area contributed by atoms with Gasteiger partial charge in [-0.15, -0.1) is 0 Å². The predicted octanol–water partition coefficient (Wildman–Crippen LogP) is 5.05. The van der Waals surface area contributed by atoms with Gasteiger partial charge in [0.05, 0.1) is 0 Å². The molecule has 0 radical (unpaired) electrons. The van der Waals surface area contributed by atoms with Gasteiger partial charge in [0.15, 0.2) is 0 Å². The van der Waals surface area contributed by atoms with Gasteiger partial charge >= 0.3 is 0 Å². The lowest BCUT2D eigenvalue weighted by Crippen LogP contribution is -2.06. The third-order valence-electron chi connectivity index (χ3n) is 2.95. The van der Waals surface area contributed by atoms with Gasteiger partial charge in [0.25, 0.3) is 0 Å². The Morgan fingerprint density at radius 3 is 2.11 bits per heavy atom. The molecule has 0 saturated heterocycles. The van der Waals surface area contributed by atoms with Crippen molar-refractivity contribution in [1.29, 1.82) is 0 Å². The van der Waals surface area contributed by atoms with Crippen molar-refractivity contribution in [1.82, 2.24) is 0 Å². The molecule has 2 rings (SSSR count). The van der Waals surface area contributed by atoms with E-state index >= 15 is 0 Å². The van der Waals surface area contributed by atoms with Crippen LogP contribution in [0.5, 0.6) is 0 Å². The molecule has 100 valence electrons. The Morgan fingerprint density at radius 1 is 1.00 bits per heavy atom. The average molecular weight is 388 g/mol. The van der Waals surface area contributed by atoms with Gasteiger partial charge < -0.3 is 5.11 Å². The summed E-state index contributed by atoms with van der Waals surface area (Å²) in [4.78, 5) is 0. The molecule has 0 fully saturated rings. The van der Waals surface area contributed by atoms with Crippen molar-refractivity contribution in [3.05, 3.63) is 67.3 Å². The molecule has 1 nitrogen and oxygen atoms in total. The molecule has 0 amide bonds. The Morgan fingerprint density at radius 2 is 1.58 bits per heavy atom. The lowest BCUT2D eigenvalue weighted by molar-refractivity contribution is 0.214. The Bertz CT molecular complexity index is 582. The summed E-state index contributed by atoms with van der Waals surface area (Å²) < 4.78 is 15.7. The Balaban J connectivity index is 2.52. The minimum absolute atomic E-state index is 0.329. The third-order valence-corrected chi connectivity index (χ3v) is 3.87. The van der Waals surface area contributed by atoms with E-state index in [9.17, 15) is 9.50 Å². The zero-order valence-electron chi connectivity index (χ0n) is 10.5. The lowest BCUT2D eigenvalue weighted by atomic mass is 9.95. The van der Waals surface area contributed by atoms with E-state index in [1.807, 2.05) is 26.0 Å². The first-order valence-corrected chi connectivity index (χ1v) is 7.38. The third kappa shape index (κ3) is 3.25. The Kier molecular flexibility index (Phi) is 4.43. The van der Waals surface area contributed by atoms with E-state index in [2.05, 4.69) is 31.9 Å². The van der Waals surface area contributed by atoms with Crippen LogP contribution in [0.25, 0.3) is 0 Å². The first kappa shape index (κ1) is 14.7. The van der Waals surface area contributed by atoms with Crippen molar-refractivity contribution in [2.75, 3.05) is 0 Å². The van der Waals surface area contributed by atoms with Crippen LogP contribution in [-0.4, -0.2) is 5.11 Å². The number of aliphatic hydroxyl groups is 1. The topological polar surface area (TPSA) is 20.2 Å². The number of rotatable bonds is 2. The van der Waals surface area contributed by atoms with E-state index in [0.717, 1.165) is 20.1 Å². The van der Waals surface area contributed by atoms with Gasteiger partial charge in [-0.1, -0.05) is 37.9 Å². The highest BCUT2D eigenvalue weighted by atomic mass is 79.9. The largest absolute Gasteiger partial charge is 0.384 e. The molecule has 4 heteroatoms. The summed E-state index contributed by atoms with van der Waals surface area (Å²) in [5, 5.41) is 10.4. The number of hydrogen-bond acceptors (Lipinski definition) is 1. The molecular formula is C15H13Br2FO. The van der Waals surface area contributed by atoms with Crippen molar-refractivity contribution in [3.63, 3.8) is 0 Å². The highest BCUT2D eigenvalue weighted by Gasteiger charge is 2.18. The second-order valence-electron chi connectivity index (χ2n) is 4.58. The van der Waals surface area contributed by atoms with E-state index in [0.29, 0.717) is 11.1 Å². The molecule has 1 atom stereocenters. The number of aliphatic hydroxyl groups excluding tert-OH is 1. The van der Waals surface area contributed by atoms with Crippen LogP contribution < -0.4 is 0 Å².